The Labute approximate surface area is 136 Å². The molecule has 0 saturated carbocycles. The number of rotatable bonds is 3. The van der Waals surface area contributed by atoms with Crippen LogP contribution in [0.15, 0.2) is 53.7 Å². The van der Waals surface area contributed by atoms with Gasteiger partial charge in [0.25, 0.3) is 0 Å². The summed E-state index contributed by atoms with van der Waals surface area (Å²) < 4.78 is 12.4. The molecule has 2 aromatic carbocycles. The van der Waals surface area contributed by atoms with Crippen LogP contribution in [0, 0.1) is 23.7 Å². The molecular formula is C19H22FN3. The molecule has 0 aliphatic rings. The lowest BCUT2D eigenvalue weighted by Gasteiger charge is -2.03. The Morgan fingerprint density at radius 2 is 1.96 bits per heavy atom. The summed E-state index contributed by atoms with van der Waals surface area (Å²) in [5, 5.41) is 10.5. The first kappa shape index (κ1) is 18.4. The first-order chi connectivity index (χ1) is 11.0. The molecule has 4 heteroatoms. The van der Waals surface area contributed by atoms with Gasteiger partial charge >= 0.3 is 0 Å². The van der Waals surface area contributed by atoms with E-state index in [1.54, 1.807) is 12.1 Å². The molecule has 2 aromatic rings. The van der Waals surface area contributed by atoms with E-state index in [9.17, 15) is 4.39 Å². The third-order valence-electron chi connectivity index (χ3n) is 3.31. The van der Waals surface area contributed by atoms with E-state index in [1.165, 1.54) is 6.07 Å². The second kappa shape index (κ2) is 9.41. The highest BCUT2D eigenvalue weighted by atomic mass is 19.1. The van der Waals surface area contributed by atoms with Crippen LogP contribution in [-0.4, -0.2) is 5.84 Å². The zero-order valence-electron chi connectivity index (χ0n) is 13.7. The van der Waals surface area contributed by atoms with Crippen molar-refractivity contribution in [2.45, 2.75) is 27.2 Å². The number of nitrogens with one attached hydrogen (secondary N) is 2. The molecule has 0 amide bonds. The molecule has 0 bridgehead atoms. The van der Waals surface area contributed by atoms with E-state index in [4.69, 9.17) is 10.9 Å². The molecule has 0 heterocycles. The average Bonchev–Trinajstić information content (AvgIpc) is 2.57. The van der Waals surface area contributed by atoms with Gasteiger partial charge in [0, 0.05) is 5.56 Å². The lowest BCUT2D eigenvalue weighted by atomic mass is 10.0. The molecular weight excluding hydrogens is 289 g/mol. The quantitative estimate of drug-likeness (QED) is 0.410. The Bertz CT molecular complexity index is 706. The van der Waals surface area contributed by atoms with Gasteiger partial charge in [-0.2, -0.15) is 0 Å². The number of halogens is 1. The van der Waals surface area contributed by atoms with Crippen LogP contribution in [0.5, 0.6) is 0 Å². The number of hydrogen-bond acceptors (Lipinski definition) is 2. The molecule has 0 saturated heterocycles. The molecule has 0 aliphatic heterocycles. The van der Waals surface area contributed by atoms with Gasteiger partial charge in [-0.1, -0.05) is 43.3 Å². The van der Waals surface area contributed by atoms with Gasteiger partial charge in [-0.15, -0.1) is 5.11 Å². The van der Waals surface area contributed by atoms with E-state index in [0.29, 0.717) is 5.56 Å². The lowest BCUT2D eigenvalue weighted by Crippen LogP contribution is -1.94. The van der Waals surface area contributed by atoms with E-state index < -0.39 is 0 Å². The SMILES string of the molecule is C/C=C\c1cc(C(=N)N=N)ccc1C.CCc1cccc(F)c1. The molecule has 23 heavy (non-hydrogen) atoms. The molecule has 120 valence electrons. The summed E-state index contributed by atoms with van der Waals surface area (Å²) in [7, 11) is 0. The van der Waals surface area contributed by atoms with Crippen molar-refractivity contribution < 1.29 is 4.39 Å². The number of benzene rings is 2. The van der Waals surface area contributed by atoms with Crippen LogP contribution in [0.1, 0.15) is 36.1 Å². The number of nitrogens with zero attached hydrogens (tertiary/aromatic N) is 1. The minimum Gasteiger partial charge on any atom is -0.281 e. The number of aryl methyl sites for hydroxylation is 2. The van der Waals surface area contributed by atoms with Gasteiger partial charge in [-0.05, 0) is 55.2 Å². The average molecular weight is 311 g/mol. The van der Waals surface area contributed by atoms with Crippen LogP contribution in [0.3, 0.4) is 0 Å². The summed E-state index contributed by atoms with van der Waals surface area (Å²) in [5.41, 5.74) is 10.7. The van der Waals surface area contributed by atoms with Crippen LogP contribution in [0.4, 0.5) is 4.39 Å². The zero-order valence-corrected chi connectivity index (χ0v) is 13.7. The fraction of sp³-hybridized carbons (Fsp3) is 0.211. The maximum atomic E-state index is 12.4. The largest absolute Gasteiger partial charge is 0.281 e. The third-order valence-corrected chi connectivity index (χ3v) is 3.31. The molecule has 0 spiro atoms. The fourth-order valence-electron chi connectivity index (χ4n) is 1.97. The third kappa shape index (κ3) is 5.94. The number of allylic oxidation sites excluding steroid dienone is 1. The smallest absolute Gasteiger partial charge is 0.173 e. The van der Waals surface area contributed by atoms with Gasteiger partial charge in [0.05, 0.1) is 0 Å². The van der Waals surface area contributed by atoms with Crippen molar-refractivity contribution in [1.29, 1.82) is 10.9 Å². The molecule has 2 rings (SSSR count). The molecule has 3 nitrogen and oxygen atoms in total. The van der Waals surface area contributed by atoms with Gasteiger partial charge in [-0.25, -0.2) is 9.92 Å². The van der Waals surface area contributed by atoms with E-state index >= 15 is 0 Å². The molecule has 0 aliphatic carbocycles. The van der Waals surface area contributed by atoms with Crippen LogP contribution in [0.25, 0.3) is 6.08 Å². The zero-order chi connectivity index (χ0) is 17.2. The molecule has 0 radical (unpaired) electrons. The first-order valence-electron chi connectivity index (χ1n) is 7.46. The van der Waals surface area contributed by atoms with Crippen molar-refractivity contribution in [3.8, 4) is 0 Å². The maximum absolute atomic E-state index is 12.4. The molecule has 0 fully saturated rings. The Kier molecular flexibility index (Phi) is 7.54. The van der Waals surface area contributed by atoms with E-state index in [1.807, 2.05) is 57.2 Å². The molecule has 2 N–H and O–H groups in total. The summed E-state index contributed by atoms with van der Waals surface area (Å²) in [6.07, 6.45) is 4.83. The summed E-state index contributed by atoms with van der Waals surface area (Å²) in [4.78, 5) is 0. The Morgan fingerprint density at radius 1 is 1.22 bits per heavy atom. The second-order valence-corrected chi connectivity index (χ2v) is 5.02. The number of amidine groups is 1. The van der Waals surface area contributed by atoms with E-state index in [0.717, 1.165) is 23.1 Å². The minimum atomic E-state index is -0.144. The van der Waals surface area contributed by atoms with Gasteiger partial charge in [0.15, 0.2) is 5.84 Å². The van der Waals surface area contributed by atoms with Crippen molar-refractivity contribution in [2.24, 2.45) is 5.11 Å². The van der Waals surface area contributed by atoms with Gasteiger partial charge in [-0.3, -0.25) is 5.41 Å². The second-order valence-electron chi connectivity index (χ2n) is 5.02. The van der Waals surface area contributed by atoms with Gasteiger partial charge < -0.3 is 0 Å². The lowest BCUT2D eigenvalue weighted by molar-refractivity contribution is 0.625. The Balaban J connectivity index is 0.000000253. The highest BCUT2D eigenvalue weighted by Crippen LogP contribution is 2.13. The van der Waals surface area contributed by atoms with Crippen LogP contribution >= 0.6 is 0 Å². The monoisotopic (exact) mass is 311 g/mol. The Morgan fingerprint density at radius 3 is 2.48 bits per heavy atom. The predicted molar refractivity (Wildman–Crippen MR) is 93.6 cm³/mol. The Hall–Kier alpha value is -2.62. The molecule has 0 unspecified atom stereocenters. The number of hydrogen-bond donors (Lipinski definition) is 2. The summed E-state index contributed by atoms with van der Waals surface area (Å²) in [6, 6.07) is 12.3. The molecule has 0 aromatic heterocycles. The van der Waals surface area contributed by atoms with Crippen molar-refractivity contribution in [1.82, 2.24) is 0 Å². The van der Waals surface area contributed by atoms with Crippen molar-refractivity contribution in [3.05, 3.63) is 76.6 Å². The fourth-order valence-corrected chi connectivity index (χ4v) is 1.97. The van der Waals surface area contributed by atoms with Crippen LogP contribution in [-0.2, 0) is 6.42 Å². The van der Waals surface area contributed by atoms with Crippen molar-refractivity contribution in [3.63, 3.8) is 0 Å². The van der Waals surface area contributed by atoms with Crippen LogP contribution < -0.4 is 0 Å². The first-order valence-corrected chi connectivity index (χ1v) is 7.46. The highest BCUT2D eigenvalue weighted by Gasteiger charge is 2.01. The minimum absolute atomic E-state index is 0.00393. The van der Waals surface area contributed by atoms with Gasteiger partial charge in [0.2, 0.25) is 0 Å². The molecule has 0 atom stereocenters. The predicted octanol–water partition coefficient (Wildman–Crippen LogP) is 5.77. The summed E-state index contributed by atoms with van der Waals surface area (Å²) in [6.45, 7) is 5.97. The summed E-state index contributed by atoms with van der Waals surface area (Å²) in [5.74, 6) is -0.148. The van der Waals surface area contributed by atoms with Gasteiger partial charge in [0.1, 0.15) is 5.82 Å². The van der Waals surface area contributed by atoms with Crippen molar-refractivity contribution >= 4 is 11.9 Å². The van der Waals surface area contributed by atoms with Crippen molar-refractivity contribution in [2.75, 3.05) is 0 Å². The van der Waals surface area contributed by atoms with E-state index in [-0.39, 0.29) is 11.7 Å². The van der Waals surface area contributed by atoms with E-state index in [2.05, 4.69) is 5.11 Å². The van der Waals surface area contributed by atoms with Crippen LogP contribution in [0.2, 0.25) is 0 Å². The topological polar surface area (TPSA) is 60.1 Å². The maximum Gasteiger partial charge on any atom is 0.173 e. The summed E-state index contributed by atoms with van der Waals surface area (Å²) >= 11 is 0. The highest BCUT2D eigenvalue weighted by molar-refractivity contribution is 5.97. The standard InChI is InChI=1S/C11H13N3.C8H9F/c1-3-4-9-7-10(11(12)14-13)6-5-8(9)2;1-2-7-4-3-5-8(9)6-7/h3-7,12-13H,1-2H3;3-6H,2H2,1H3/b4-3-,12-11?,14-13?;. The normalized spacial score (nSPS) is 10.1.